The number of aryl methyl sites for hydroxylation is 2. The zero-order chi connectivity index (χ0) is 26.4. The van der Waals surface area contributed by atoms with Crippen LogP contribution in [-0.2, 0) is 24.2 Å². The highest BCUT2D eigenvalue weighted by atomic mass is 32.1. The van der Waals surface area contributed by atoms with Gasteiger partial charge < -0.3 is 9.47 Å². The van der Waals surface area contributed by atoms with Gasteiger partial charge in [-0.05, 0) is 36.6 Å². The molecule has 0 bridgehead atoms. The number of rotatable bonds is 10. The predicted octanol–water partition coefficient (Wildman–Crippen LogP) is 3.65. The highest BCUT2D eigenvalue weighted by Gasteiger charge is 2.14. The molecule has 0 radical (unpaired) electrons. The van der Waals surface area contributed by atoms with Crippen molar-refractivity contribution in [2.24, 2.45) is 0 Å². The second kappa shape index (κ2) is 11.7. The van der Waals surface area contributed by atoms with E-state index < -0.39 is 5.91 Å². The monoisotopic (exact) mass is 537 g/mol. The summed E-state index contributed by atoms with van der Waals surface area (Å²) in [6.07, 6.45) is 3.86. The van der Waals surface area contributed by atoms with Crippen molar-refractivity contribution in [3.63, 3.8) is 0 Å². The molecule has 0 saturated heterocycles. The number of ether oxygens (including phenoxy) is 2. The van der Waals surface area contributed by atoms with Crippen LogP contribution in [-0.4, -0.2) is 37.8 Å². The van der Waals surface area contributed by atoms with Crippen LogP contribution < -0.4 is 20.3 Å². The van der Waals surface area contributed by atoms with E-state index in [1.807, 2.05) is 19.9 Å². The predicted molar refractivity (Wildman–Crippen MR) is 140 cm³/mol. The molecule has 190 valence electrons. The van der Waals surface area contributed by atoms with Crippen molar-refractivity contribution in [2.75, 3.05) is 12.4 Å². The van der Waals surface area contributed by atoms with Crippen molar-refractivity contribution in [3.05, 3.63) is 61.5 Å². The number of carbonyl (C=O) groups is 1. The van der Waals surface area contributed by atoms with Crippen molar-refractivity contribution >= 4 is 44.7 Å². The largest absolute Gasteiger partial charge is 0.493 e. The number of aromatic nitrogens is 5. The van der Waals surface area contributed by atoms with Crippen LogP contribution in [0.4, 0.5) is 5.13 Å². The number of hydrogen-bond donors (Lipinski definition) is 1. The van der Waals surface area contributed by atoms with Crippen molar-refractivity contribution in [1.29, 1.82) is 5.26 Å². The van der Waals surface area contributed by atoms with Gasteiger partial charge in [-0.3, -0.25) is 14.9 Å². The molecule has 1 aromatic carbocycles. The molecule has 4 aromatic rings. The second-order valence-electron chi connectivity index (χ2n) is 7.70. The van der Waals surface area contributed by atoms with Crippen LogP contribution in [0.3, 0.4) is 0 Å². The molecule has 0 aliphatic heterocycles. The number of fused-ring (bicyclic) bond motifs is 1. The van der Waals surface area contributed by atoms with E-state index >= 15 is 0 Å². The molecule has 3 heterocycles. The second-order valence-corrected chi connectivity index (χ2v) is 9.81. The summed E-state index contributed by atoms with van der Waals surface area (Å²) in [6, 6.07) is 8.30. The van der Waals surface area contributed by atoms with E-state index in [0.717, 1.165) is 22.9 Å². The quantitative estimate of drug-likeness (QED) is 0.237. The number of hydrogen-bond acceptors (Lipinski definition) is 11. The molecular weight excluding hydrogens is 514 g/mol. The summed E-state index contributed by atoms with van der Waals surface area (Å²) in [6.45, 7) is 4.04. The smallest absolute Gasteiger partial charge is 0.275 e. The number of amides is 1. The van der Waals surface area contributed by atoms with Gasteiger partial charge in [0.05, 0.1) is 12.8 Å². The third-order valence-corrected chi connectivity index (χ3v) is 6.98. The van der Waals surface area contributed by atoms with Gasteiger partial charge in [0, 0.05) is 12.5 Å². The van der Waals surface area contributed by atoms with E-state index in [1.54, 1.807) is 18.2 Å². The third-order valence-electron chi connectivity index (χ3n) is 5.03. The number of anilines is 1. The summed E-state index contributed by atoms with van der Waals surface area (Å²) in [7, 11) is 1.48. The van der Waals surface area contributed by atoms with E-state index in [-0.39, 0.29) is 17.7 Å². The molecule has 0 aliphatic rings. The molecule has 0 aliphatic carbocycles. The Morgan fingerprint density at radius 1 is 1.19 bits per heavy atom. The average molecular weight is 538 g/mol. The van der Waals surface area contributed by atoms with Crippen LogP contribution >= 0.6 is 22.7 Å². The Kier molecular flexibility index (Phi) is 8.22. The lowest BCUT2D eigenvalue weighted by atomic mass is 10.1. The summed E-state index contributed by atoms with van der Waals surface area (Å²) >= 11 is 2.64. The van der Waals surface area contributed by atoms with E-state index in [2.05, 4.69) is 25.6 Å². The van der Waals surface area contributed by atoms with Crippen LogP contribution in [0.2, 0.25) is 0 Å². The fraction of sp³-hybridized carbons (Fsp3) is 0.292. The Hall–Kier alpha value is -4.15. The van der Waals surface area contributed by atoms with E-state index in [1.165, 1.54) is 46.4 Å². The topological polar surface area (TPSA) is 144 Å². The Bertz CT molecular complexity index is 1570. The number of benzene rings is 1. The van der Waals surface area contributed by atoms with Gasteiger partial charge in [0.25, 0.3) is 11.5 Å². The molecule has 4 rings (SSSR count). The number of nitriles is 1. The summed E-state index contributed by atoms with van der Waals surface area (Å²) in [5, 5.41) is 26.3. The first kappa shape index (κ1) is 25.9. The van der Waals surface area contributed by atoms with Gasteiger partial charge in [-0.25, -0.2) is 4.98 Å². The number of methoxy groups -OCH3 is 1. The molecule has 13 heteroatoms. The van der Waals surface area contributed by atoms with Gasteiger partial charge in [0.15, 0.2) is 11.5 Å². The molecular formula is C24H23N7O4S2. The van der Waals surface area contributed by atoms with Crippen LogP contribution in [0.1, 0.15) is 41.5 Å². The minimum atomic E-state index is -0.581. The molecule has 11 nitrogen and oxygen atoms in total. The van der Waals surface area contributed by atoms with Crippen molar-refractivity contribution in [2.45, 2.75) is 39.7 Å². The van der Waals surface area contributed by atoms with Crippen molar-refractivity contribution in [1.82, 2.24) is 24.8 Å². The van der Waals surface area contributed by atoms with Gasteiger partial charge in [0.2, 0.25) is 10.1 Å². The van der Waals surface area contributed by atoms with Crippen LogP contribution in [0.15, 0.2) is 34.6 Å². The van der Waals surface area contributed by atoms with Crippen molar-refractivity contribution < 1.29 is 14.3 Å². The number of nitrogens with one attached hydrogen (secondary N) is 1. The number of carbonyl (C=O) groups excluding carboxylic acids is 1. The Morgan fingerprint density at radius 3 is 2.76 bits per heavy atom. The van der Waals surface area contributed by atoms with E-state index in [9.17, 15) is 14.9 Å². The lowest BCUT2D eigenvalue weighted by molar-refractivity contribution is -0.112. The third kappa shape index (κ3) is 6.16. The van der Waals surface area contributed by atoms with Gasteiger partial charge in [0.1, 0.15) is 28.3 Å². The molecule has 0 saturated carbocycles. The van der Waals surface area contributed by atoms with Gasteiger partial charge >= 0.3 is 0 Å². The zero-order valence-electron chi connectivity index (χ0n) is 20.3. The van der Waals surface area contributed by atoms with Gasteiger partial charge in [-0.15, -0.1) is 10.2 Å². The lowest BCUT2D eigenvalue weighted by Gasteiger charge is -2.11. The lowest BCUT2D eigenvalue weighted by Crippen LogP contribution is -2.16. The molecule has 3 aromatic heterocycles. The van der Waals surface area contributed by atoms with Crippen LogP contribution in [0.25, 0.3) is 11.0 Å². The first-order valence-corrected chi connectivity index (χ1v) is 13.0. The number of nitrogens with zero attached hydrogens (tertiary/aromatic N) is 6. The average Bonchev–Trinajstić information content (AvgIpc) is 3.53. The standard InChI is InChI=1S/C24H23N7O4S2/c1-4-6-20-28-29-23(36-20)27-22(33)15(12-25)9-14-7-8-17(18(10-14)34-3)35-13-16-11-21(32)31-24(26-16)37-19(5-2)30-31/h7-11H,4-6,13H2,1-3H3,(H,27,29,33). The minimum absolute atomic E-state index is 0.0460. The first-order chi connectivity index (χ1) is 17.9. The summed E-state index contributed by atoms with van der Waals surface area (Å²) in [5.74, 6) is 0.229. The van der Waals surface area contributed by atoms with Crippen LogP contribution in [0.5, 0.6) is 11.5 Å². The SMILES string of the molecule is CCCc1nnc(NC(=O)C(C#N)=Cc2ccc(OCc3cc(=O)n4nc(CC)sc4n3)c(OC)c2)s1. The Balaban J connectivity index is 1.48. The summed E-state index contributed by atoms with van der Waals surface area (Å²) in [4.78, 5) is 29.9. The Morgan fingerprint density at radius 2 is 2.03 bits per heavy atom. The maximum absolute atomic E-state index is 12.6. The molecule has 1 amide bonds. The first-order valence-electron chi connectivity index (χ1n) is 11.4. The maximum Gasteiger partial charge on any atom is 0.275 e. The van der Waals surface area contributed by atoms with E-state index in [0.29, 0.717) is 39.3 Å². The normalized spacial score (nSPS) is 11.4. The fourth-order valence-electron chi connectivity index (χ4n) is 3.26. The Labute approximate surface area is 220 Å². The molecule has 0 atom stereocenters. The zero-order valence-corrected chi connectivity index (χ0v) is 22.0. The molecule has 0 unspecified atom stereocenters. The van der Waals surface area contributed by atoms with Gasteiger partial charge in [-0.1, -0.05) is 42.6 Å². The molecule has 1 N–H and O–H groups in total. The summed E-state index contributed by atoms with van der Waals surface area (Å²) < 4.78 is 12.6. The minimum Gasteiger partial charge on any atom is -0.493 e. The molecule has 0 spiro atoms. The highest BCUT2D eigenvalue weighted by Crippen LogP contribution is 2.30. The molecule has 0 fully saturated rings. The maximum atomic E-state index is 12.6. The summed E-state index contributed by atoms with van der Waals surface area (Å²) in [5.41, 5.74) is 0.653. The van der Waals surface area contributed by atoms with Gasteiger partial charge in [-0.2, -0.15) is 14.9 Å². The van der Waals surface area contributed by atoms with Crippen molar-refractivity contribution in [3.8, 4) is 17.6 Å². The van der Waals surface area contributed by atoms with Crippen LogP contribution in [0, 0.1) is 11.3 Å². The fourth-order valence-corrected chi connectivity index (χ4v) is 4.95. The molecule has 37 heavy (non-hydrogen) atoms. The van der Waals surface area contributed by atoms with E-state index in [4.69, 9.17) is 9.47 Å². The highest BCUT2D eigenvalue weighted by molar-refractivity contribution is 7.16.